The molecular weight excluding hydrogens is 270 g/mol. The van der Waals surface area contributed by atoms with Crippen molar-refractivity contribution < 1.29 is 0 Å². The fourth-order valence-electron chi connectivity index (χ4n) is 2.50. The second kappa shape index (κ2) is 5.21. The Bertz CT molecular complexity index is 580. The van der Waals surface area contributed by atoms with Crippen molar-refractivity contribution in [3.05, 3.63) is 47.5 Å². The van der Waals surface area contributed by atoms with Crippen LogP contribution in [0.15, 0.2) is 30.3 Å². The molecule has 0 radical (unpaired) electrons. The van der Waals surface area contributed by atoms with Gasteiger partial charge in [-0.15, -0.1) is 21.8 Å². The summed E-state index contributed by atoms with van der Waals surface area (Å²) in [5.41, 5.74) is 0.903. The highest BCUT2D eigenvalue weighted by molar-refractivity contribution is 6.16. The van der Waals surface area contributed by atoms with Crippen molar-refractivity contribution >= 4 is 11.6 Å². The molecule has 3 nitrogen and oxygen atoms in total. The predicted octanol–water partition coefficient (Wildman–Crippen LogP) is 4.10. The van der Waals surface area contributed by atoms with Crippen LogP contribution < -0.4 is 0 Å². The van der Waals surface area contributed by atoms with Crippen LogP contribution in [0.1, 0.15) is 51.8 Å². The Morgan fingerprint density at radius 3 is 2.10 bits per heavy atom. The first kappa shape index (κ1) is 15.0. The molecule has 0 spiro atoms. The van der Waals surface area contributed by atoms with Crippen LogP contribution in [0.4, 0.5) is 0 Å². The third-order valence-electron chi connectivity index (χ3n) is 3.57. The Balaban J connectivity index is 2.61. The fraction of sp³-hybridized carbons (Fsp3) is 0.500. The van der Waals surface area contributed by atoms with Gasteiger partial charge in [0.2, 0.25) is 0 Å². The van der Waals surface area contributed by atoms with E-state index < -0.39 is 0 Å². The first-order chi connectivity index (χ1) is 9.28. The van der Waals surface area contributed by atoms with Gasteiger partial charge in [-0.1, -0.05) is 30.3 Å². The lowest BCUT2D eigenvalue weighted by Gasteiger charge is -2.31. The number of aromatic nitrogens is 3. The van der Waals surface area contributed by atoms with E-state index in [0.717, 1.165) is 11.6 Å². The Morgan fingerprint density at radius 1 is 1.00 bits per heavy atom. The van der Waals surface area contributed by atoms with Gasteiger partial charge in [0, 0.05) is 11.0 Å². The highest BCUT2D eigenvalue weighted by Crippen LogP contribution is 2.33. The van der Waals surface area contributed by atoms with Gasteiger partial charge in [0.25, 0.3) is 0 Å². The van der Waals surface area contributed by atoms with Gasteiger partial charge >= 0.3 is 0 Å². The van der Waals surface area contributed by atoms with E-state index in [1.54, 1.807) is 0 Å². The minimum Gasteiger partial charge on any atom is -0.308 e. The fourth-order valence-corrected chi connectivity index (χ4v) is 2.67. The molecule has 1 heterocycles. The molecule has 0 aliphatic heterocycles. The van der Waals surface area contributed by atoms with Crippen LogP contribution in [0.2, 0.25) is 0 Å². The number of benzene rings is 1. The summed E-state index contributed by atoms with van der Waals surface area (Å²) in [6.07, 6.45) is 0. The number of halogens is 1. The largest absolute Gasteiger partial charge is 0.308 e. The van der Waals surface area contributed by atoms with Gasteiger partial charge in [-0.3, -0.25) is 0 Å². The summed E-state index contributed by atoms with van der Waals surface area (Å²) < 4.78 is 2.16. The molecule has 2 rings (SSSR count). The molecule has 20 heavy (non-hydrogen) atoms. The molecule has 0 saturated carbocycles. The molecule has 0 unspecified atom stereocenters. The lowest BCUT2D eigenvalue weighted by Crippen LogP contribution is -2.33. The summed E-state index contributed by atoms with van der Waals surface area (Å²) in [6, 6.07) is 10.4. The summed E-state index contributed by atoms with van der Waals surface area (Å²) in [5.74, 6) is 2.14. The molecule has 0 fully saturated rings. The van der Waals surface area contributed by atoms with Crippen LogP contribution in [0, 0.1) is 0 Å². The lowest BCUT2D eigenvalue weighted by molar-refractivity contribution is 0.353. The first-order valence-corrected chi connectivity index (χ1v) is 7.38. The molecule has 108 valence electrons. The third kappa shape index (κ3) is 2.59. The zero-order chi connectivity index (χ0) is 15.0. The molecule has 0 aliphatic rings. The molecule has 1 aromatic carbocycles. The minimum atomic E-state index is -0.216. The molecular formula is C16H22ClN3. The maximum Gasteiger partial charge on any atom is 0.148 e. The maximum absolute atomic E-state index is 6.02. The van der Waals surface area contributed by atoms with Crippen LogP contribution in [-0.2, 0) is 16.8 Å². The Kier molecular flexibility index (Phi) is 3.92. The monoisotopic (exact) mass is 291 g/mol. The molecule has 0 bridgehead atoms. The maximum atomic E-state index is 6.02. The van der Waals surface area contributed by atoms with Crippen molar-refractivity contribution in [2.75, 3.05) is 0 Å². The summed E-state index contributed by atoms with van der Waals surface area (Å²) in [7, 11) is 0. The molecule has 0 aliphatic carbocycles. The summed E-state index contributed by atoms with van der Waals surface area (Å²) in [6.45, 7) is 10.8. The SMILES string of the molecule is CC(C)(c1ccccc1)c1nnc(CCl)n1C(C)(C)C. The quantitative estimate of drug-likeness (QED) is 0.797. The number of nitrogens with zero attached hydrogens (tertiary/aromatic N) is 3. The number of alkyl halides is 1. The van der Waals surface area contributed by atoms with E-state index in [9.17, 15) is 0 Å². The molecule has 4 heteroatoms. The van der Waals surface area contributed by atoms with Gasteiger partial charge in [-0.05, 0) is 40.2 Å². The third-order valence-corrected chi connectivity index (χ3v) is 3.81. The van der Waals surface area contributed by atoms with Gasteiger partial charge in [-0.25, -0.2) is 0 Å². The second-order valence-corrected chi connectivity index (χ2v) is 6.84. The predicted molar refractivity (Wildman–Crippen MR) is 83.1 cm³/mol. The van der Waals surface area contributed by atoms with E-state index >= 15 is 0 Å². The average molecular weight is 292 g/mol. The first-order valence-electron chi connectivity index (χ1n) is 6.85. The van der Waals surface area contributed by atoms with Crippen molar-refractivity contribution in [1.82, 2.24) is 14.8 Å². The number of rotatable bonds is 3. The van der Waals surface area contributed by atoms with Crippen molar-refractivity contribution in [2.24, 2.45) is 0 Å². The van der Waals surface area contributed by atoms with Gasteiger partial charge in [0.1, 0.15) is 11.6 Å². The van der Waals surface area contributed by atoms with E-state index in [0.29, 0.717) is 5.88 Å². The van der Waals surface area contributed by atoms with Crippen molar-refractivity contribution in [3.8, 4) is 0 Å². The Hall–Kier alpha value is -1.35. The molecule has 0 atom stereocenters. The van der Waals surface area contributed by atoms with Gasteiger partial charge in [0.15, 0.2) is 0 Å². The summed E-state index contributed by atoms with van der Waals surface area (Å²) in [5, 5.41) is 8.70. The van der Waals surface area contributed by atoms with Crippen LogP contribution in [0.25, 0.3) is 0 Å². The summed E-state index contributed by atoms with van der Waals surface area (Å²) in [4.78, 5) is 0. The van der Waals surface area contributed by atoms with E-state index in [4.69, 9.17) is 11.6 Å². The molecule has 1 aromatic heterocycles. The highest BCUT2D eigenvalue weighted by Gasteiger charge is 2.33. The number of hydrogen-bond donors (Lipinski definition) is 0. The van der Waals surface area contributed by atoms with E-state index in [1.807, 2.05) is 6.07 Å². The van der Waals surface area contributed by atoms with Crippen molar-refractivity contribution in [3.63, 3.8) is 0 Å². The van der Waals surface area contributed by atoms with E-state index in [2.05, 4.69) is 73.6 Å². The van der Waals surface area contributed by atoms with Gasteiger partial charge in [0.05, 0.1) is 5.88 Å². The molecule has 0 saturated heterocycles. The van der Waals surface area contributed by atoms with Crippen LogP contribution in [0.3, 0.4) is 0 Å². The normalized spacial score (nSPS) is 12.7. The second-order valence-electron chi connectivity index (χ2n) is 6.57. The molecule has 0 N–H and O–H groups in total. The van der Waals surface area contributed by atoms with E-state index in [-0.39, 0.29) is 11.0 Å². The van der Waals surface area contributed by atoms with Crippen LogP contribution >= 0.6 is 11.6 Å². The van der Waals surface area contributed by atoms with Gasteiger partial charge < -0.3 is 4.57 Å². The van der Waals surface area contributed by atoms with Crippen molar-refractivity contribution in [2.45, 2.75) is 51.5 Å². The lowest BCUT2D eigenvalue weighted by atomic mass is 9.83. The topological polar surface area (TPSA) is 30.7 Å². The highest BCUT2D eigenvalue weighted by atomic mass is 35.5. The van der Waals surface area contributed by atoms with Crippen molar-refractivity contribution in [1.29, 1.82) is 0 Å². The Morgan fingerprint density at radius 2 is 1.60 bits per heavy atom. The van der Waals surface area contributed by atoms with Crippen LogP contribution in [0.5, 0.6) is 0 Å². The zero-order valence-electron chi connectivity index (χ0n) is 12.8. The van der Waals surface area contributed by atoms with Gasteiger partial charge in [-0.2, -0.15) is 0 Å². The Labute approximate surface area is 126 Å². The standard InChI is InChI=1S/C16H22ClN3/c1-15(2,3)20-13(11-17)18-19-14(20)16(4,5)12-9-7-6-8-10-12/h6-10H,11H2,1-5H3. The van der Waals surface area contributed by atoms with E-state index in [1.165, 1.54) is 5.56 Å². The zero-order valence-corrected chi connectivity index (χ0v) is 13.6. The molecule has 2 aromatic rings. The average Bonchev–Trinajstić information content (AvgIpc) is 2.84. The van der Waals surface area contributed by atoms with Crippen LogP contribution in [-0.4, -0.2) is 14.8 Å². The smallest absolute Gasteiger partial charge is 0.148 e. The summed E-state index contributed by atoms with van der Waals surface area (Å²) >= 11 is 6.02. The minimum absolute atomic E-state index is 0.102. The number of hydrogen-bond acceptors (Lipinski definition) is 2. The molecule has 0 amide bonds.